The zero-order valence-corrected chi connectivity index (χ0v) is 28.8. The van der Waals surface area contributed by atoms with E-state index in [4.69, 9.17) is 15.0 Å². The van der Waals surface area contributed by atoms with E-state index in [0.717, 1.165) is 27.8 Å². The second-order valence-corrected chi connectivity index (χ2v) is 13.4. The van der Waals surface area contributed by atoms with Crippen LogP contribution in [0, 0.1) is 0 Å². The maximum Gasteiger partial charge on any atom is 0.164 e. The molecule has 1 aliphatic rings. The summed E-state index contributed by atoms with van der Waals surface area (Å²) in [7, 11) is 0. The molecule has 53 heavy (non-hydrogen) atoms. The predicted molar refractivity (Wildman–Crippen MR) is 214 cm³/mol. The highest BCUT2D eigenvalue weighted by atomic mass is 15.0. The average molecular weight is 677 g/mol. The van der Waals surface area contributed by atoms with Gasteiger partial charge in [-0.25, -0.2) is 15.0 Å². The number of pyridine rings is 1. The smallest absolute Gasteiger partial charge is 0.164 e. The molecule has 248 valence electrons. The first kappa shape index (κ1) is 30.8. The molecule has 0 N–H and O–H groups in total. The third-order valence-electron chi connectivity index (χ3n) is 10.5. The molecule has 0 radical (unpaired) electrons. The summed E-state index contributed by atoms with van der Waals surface area (Å²) >= 11 is 0. The number of hydrogen-bond donors (Lipinski definition) is 0. The van der Waals surface area contributed by atoms with Crippen LogP contribution in [0.25, 0.3) is 67.2 Å². The zero-order valence-electron chi connectivity index (χ0n) is 28.8. The molecule has 2 heterocycles. The number of benzene rings is 7. The van der Waals surface area contributed by atoms with Gasteiger partial charge in [-0.2, -0.15) is 0 Å². The quantitative estimate of drug-likeness (QED) is 0.176. The molecule has 0 fully saturated rings. The van der Waals surface area contributed by atoms with Gasteiger partial charge in [-0.3, -0.25) is 4.98 Å². The third kappa shape index (κ3) is 5.07. The van der Waals surface area contributed by atoms with E-state index in [-0.39, 0.29) is 0 Å². The van der Waals surface area contributed by atoms with Gasteiger partial charge in [0.25, 0.3) is 0 Å². The molecule has 1 unspecified atom stereocenters. The molecule has 0 saturated heterocycles. The Bertz CT molecular complexity index is 2720. The number of rotatable bonds is 6. The van der Waals surface area contributed by atoms with E-state index >= 15 is 0 Å². The predicted octanol–water partition coefficient (Wildman–Crippen LogP) is 11.5. The van der Waals surface area contributed by atoms with E-state index in [1.807, 2.05) is 30.6 Å². The first-order valence-corrected chi connectivity index (χ1v) is 17.9. The van der Waals surface area contributed by atoms with Gasteiger partial charge in [-0.1, -0.05) is 164 Å². The van der Waals surface area contributed by atoms with Crippen molar-refractivity contribution in [1.29, 1.82) is 0 Å². The summed E-state index contributed by atoms with van der Waals surface area (Å²) in [4.78, 5) is 19.8. The van der Waals surface area contributed by atoms with E-state index in [0.29, 0.717) is 17.5 Å². The zero-order chi connectivity index (χ0) is 35.2. The van der Waals surface area contributed by atoms with Gasteiger partial charge in [0.05, 0.1) is 5.41 Å². The summed E-state index contributed by atoms with van der Waals surface area (Å²) in [6, 6.07) is 64.2. The van der Waals surface area contributed by atoms with Crippen molar-refractivity contribution in [3.05, 3.63) is 217 Å². The molecule has 0 saturated carbocycles. The second kappa shape index (κ2) is 12.6. The van der Waals surface area contributed by atoms with Crippen LogP contribution in [-0.4, -0.2) is 19.9 Å². The van der Waals surface area contributed by atoms with Crippen LogP contribution in [0.1, 0.15) is 22.3 Å². The van der Waals surface area contributed by atoms with Gasteiger partial charge in [0, 0.05) is 29.1 Å². The summed E-state index contributed by atoms with van der Waals surface area (Å²) < 4.78 is 0. The van der Waals surface area contributed by atoms with Crippen LogP contribution in [0.5, 0.6) is 0 Å². The van der Waals surface area contributed by atoms with Crippen molar-refractivity contribution >= 4 is 10.8 Å². The first-order valence-electron chi connectivity index (χ1n) is 17.9. The molecular weight excluding hydrogens is 645 g/mol. The van der Waals surface area contributed by atoms with Crippen LogP contribution in [0.4, 0.5) is 0 Å². The highest BCUT2D eigenvalue weighted by molar-refractivity contribution is 5.97. The molecule has 0 aliphatic heterocycles. The second-order valence-electron chi connectivity index (χ2n) is 13.4. The summed E-state index contributed by atoms with van der Waals surface area (Å²) in [5.41, 5.74) is 11.8. The Kier molecular flexibility index (Phi) is 7.33. The Hall–Kier alpha value is -7.04. The third-order valence-corrected chi connectivity index (χ3v) is 10.5. The van der Waals surface area contributed by atoms with Crippen LogP contribution in [0.3, 0.4) is 0 Å². The van der Waals surface area contributed by atoms with E-state index in [2.05, 4.69) is 169 Å². The number of hydrogen-bond acceptors (Lipinski definition) is 4. The highest BCUT2D eigenvalue weighted by Crippen LogP contribution is 2.56. The Morgan fingerprint density at radius 3 is 1.64 bits per heavy atom. The summed E-state index contributed by atoms with van der Waals surface area (Å²) in [5.74, 6) is 1.89. The van der Waals surface area contributed by atoms with Crippen molar-refractivity contribution in [3.8, 4) is 56.4 Å². The number of aromatic nitrogens is 4. The minimum Gasteiger partial charge on any atom is -0.265 e. The van der Waals surface area contributed by atoms with E-state index in [9.17, 15) is 0 Å². The van der Waals surface area contributed by atoms with E-state index < -0.39 is 5.41 Å². The molecule has 1 atom stereocenters. The maximum atomic E-state index is 5.19. The van der Waals surface area contributed by atoms with Crippen LogP contribution < -0.4 is 0 Å². The topological polar surface area (TPSA) is 51.6 Å². The van der Waals surface area contributed by atoms with Gasteiger partial charge in [0.1, 0.15) is 0 Å². The minimum atomic E-state index is -0.554. The Morgan fingerprint density at radius 1 is 0.340 bits per heavy atom. The van der Waals surface area contributed by atoms with Gasteiger partial charge in [-0.15, -0.1) is 0 Å². The standard InChI is InChI=1S/C49H32N4/c1-3-13-35(14-4-1)46-51-47(36-24-22-34(23-25-36)41-20-11-15-33-12-7-8-18-40(33)41)53-48(52-46)37-26-27-43-42-19-9-10-21-44(42)49(45(43)32-37,38-16-5-2-6-17-38)39-28-30-50-31-29-39/h1-32H. The Balaban J connectivity index is 1.16. The number of nitrogens with zero attached hydrogens (tertiary/aromatic N) is 4. The van der Waals surface area contributed by atoms with E-state index in [1.165, 1.54) is 44.2 Å². The molecule has 1 aliphatic carbocycles. The summed E-state index contributed by atoms with van der Waals surface area (Å²) in [6.07, 6.45) is 3.78. The van der Waals surface area contributed by atoms with Gasteiger partial charge >= 0.3 is 0 Å². The van der Waals surface area contributed by atoms with Gasteiger partial charge in [-0.05, 0) is 73.5 Å². The molecule has 4 heteroatoms. The summed E-state index contributed by atoms with van der Waals surface area (Å²) in [5, 5.41) is 2.45. The molecule has 0 spiro atoms. The lowest BCUT2D eigenvalue weighted by atomic mass is 9.68. The fourth-order valence-electron chi connectivity index (χ4n) is 8.12. The van der Waals surface area contributed by atoms with Crippen molar-refractivity contribution in [2.45, 2.75) is 5.41 Å². The fourth-order valence-corrected chi connectivity index (χ4v) is 8.12. The van der Waals surface area contributed by atoms with Crippen molar-refractivity contribution in [3.63, 3.8) is 0 Å². The van der Waals surface area contributed by atoms with Crippen molar-refractivity contribution in [2.75, 3.05) is 0 Å². The van der Waals surface area contributed by atoms with Crippen molar-refractivity contribution in [1.82, 2.24) is 19.9 Å². The summed E-state index contributed by atoms with van der Waals surface area (Å²) in [6.45, 7) is 0. The maximum absolute atomic E-state index is 5.19. The van der Waals surface area contributed by atoms with Crippen molar-refractivity contribution in [2.24, 2.45) is 0 Å². The SMILES string of the molecule is c1ccc(-c2nc(-c3ccc(-c4cccc5ccccc45)cc3)nc(-c3ccc4c(c3)C(c3ccccc3)(c3ccncc3)c3ccccc3-4)n2)cc1. The van der Waals surface area contributed by atoms with Crippen molar-refractivity contribution < 1.29 is 0 Å². The van der Waals surface area contributed by atoms with Crippen LogP contribution in [0.15, 0.2) is 194 Å². The molecule has 9 aromatic rings. The molecule has 10 rings (SSSR count). The molecule has 7 aromatic carbocycles. The van der Waals surface area contributed by atoms with E-state index in [1.54, 1.807) is 0 Å². The van der Waals surface area contributed by atoms with Gasteiger partial charge in [0.15, 0.2) is 17.5 Å². The average Bonchev–Trinajstić information content (AvgIpc) is 3.55. The van der Waals surface area contributed by atoms with Gasteiger partial charge in [0.2, 0.25) is 0 Å². The van der Waals surface area contributed by atoms with Gasteiger partial charge < -0.3 is 0 Å². The highest BCUT2D eigenvalue weighted by Gasteiger charge is 2.46. The van der Waals surface area contributed by atoms with Crippen LogP contribution in [-0.2, 0) is 5.41 Å². The van der Waals surface area contributed by atoms with Crippen LogP contribution in [0.2, 0.25) is 0 Å². The normalized spacial score (nSPS) is 14.5. The lowest BCUT2D eigenvalue weighted by Gasteiger charge is -2.33. The Labute approximate surface area is 308 Å². The Morgan fingerprint density at radius 2 is 0.868 bits per heavy atom. The molecule has 0 bridgehead atoms. The monoisotopic (exact) mass is 676 g/mol. The molecule has 2 aromatic heterocycles. The largest absolute Gasteiger partial charge is 0.265 e. The first-order chi connectivity index (χ1) is 26.3. The minimum absolute atomic E-state index is 0.554. The number of fused-ring (bicyclic) bond motifs is 4. The molecular formula is C49H32N4. The fraction of sp³-hybridized carbons (Fsp3) is 0.0204. The lowest BCUT2D eigenvalue weighted by Crippen LogP contribution is -2.28. The molecule has 0 amide bonds. The van der Waals surface area contributed by atoms with Crippen LogP contribution >= 0.6 is 0 Å². The molecule has 4 nitrogen and oxygen atoms in total. The lowest BCUT2D eigenvalue weighted by molar-refractivity contribution is 0.766.